The number of thiazole rings is 1. The van der Waals surface area contributed by atoms with E-state index in [2.05, 4.69) is 36.9 Å². The third-order valence-corrected chi connectivity index (χ3v) is 9.56. The van der Waals surface area contributed by atoms with Gasteiger partial charge in [-0.25, -0.2) is 4.98 Å². The molecule has 0 aliphatic carbocycles. The predicted molar refractivity (Wildman–Crippen MR) is 202 cm³/mol. The molecule has 0 spiro atoms. The van der Waals surface area contributed by atoms with Crippen LogP contribution in [0.25, 0.3) is 17.3 Å². The second kappa shape index (κ2) is 17.0. The summed E-state index contributed by atoms with van der Waals surface area (Å²) in [5.74, 6) is -0.0831. The van der Waals surface area contributed by atoms with Gasteiger partial charge in [0.1, 0.15) is 5.70 Å². The number of halogens is 1. The molecule has 1 aromatic heterocycles. The summed E-state index contributed by atoms with van der Waals surface area (Å²) >= 11 is 6.12. The minimum Gasteiger partial charge on any atom is -0.493 e. The van der Waals surface area contributed by atoms with Gasteiger partial charge in [0.05, 0.1) is 32.3 Å². The number of rotatable bonds is 13. The third kappa shape index (κ3) is 9.31. The summed E-state index contributed by atoms with van der Waals surface area (Å²) in [6.45, 7) is 1.80. The summed E-state index contributed by atoms with van der Waals surface area (Å²) in [6.07, 6.45) is 1.52. The molecule has 50 heavy (non-hydrogen) atoms. The zero-order valence-corrected chi connectivity index (χ0v) is 30.7. The monoisotopic (exact) mass is 772 g/mol. The molecule has 0 fully saturated rings. The van der Waals surface area contributed by atoms with E-state index in [0.717, 1.165) is 20.6 Å². The summed E-state index contributed by atoms with van der Waals surface area (Å²) in [4.78, 5) is 45.3. The Bertz CT molecular complexity index is 1990. The fourth-order valence-electron chi connectivity index (χ4n) is 4.69. The molecule has 3 amide bonds. The number of ether oxygens (including phenoxy) is 3. The Labute approximate surface area is 306 Å². The van der Waals surface area contributed by atoms with Gasteiger partial charge in [0, 0.05) is 31.6 Å². The van der Waals surface area contributed by atoms with Crippen LogP contribution in [0.2, 0.25) is 0 Å². The van der Waals surface area contributed by atoms with E-state index in [1.807, 2.05) is 35.7 Å². The van der Waals surface area contributed by atoms with Crippen molar-refractivity contribution in [2.75, 3.05) is 32.0 Å². The number of aromatic nitrogens is 1. The van der Waals surface area contributed by atoms with E-state index in [0.29, 0.717) is 39.2 Å². The van der Waals surface area contributed by atoms with Crippen LogP contribution in [-0.4, -0.2) is 49.3 Å². The Kier molecular flexibility index (Phi) is 12.3. The average molecular weight is 774 g/mol. The second-order valence-corrected chi connectivity index (χ2v) is 13.8. The molecule has 1 unspecified atom stereocenters. The Morgan fingerprint density at radius 3 is 2.22 bits per heavy atom. The van der Waals surface area contributed by atoms with E-state index in [1.54, 1.807) is 67.6 Å². The maximum absolute atomic E-state index is 13.7. The van der Waals surface area contributed by atoms with Gasteiger partial charge in [-0.2, -0.15) is 0 Å². The number of nitrogens with one attached hydrogen (secondary N) is 3. The highest BCUT2D eigenvalue weighted by Crippen LogP contribution is 2.39. The molecule has 256 valence electrons. The van der Waals surface area contributed by atoms with Crippen molar-refractivity contribution in [1.82, 2.24) is 10.3 Å². The molecule has 3 N–H and O–H groups in total. The average Bonchev–Trinajstić information content (AvgIpc) is 3.59. The van der Waals surface area contributed by atoms with Crippen molar-refractivity contribution in [3.63, 3.8) is 0 Å². The van der Waals surface area contributed by atoms with E-state index in [-0.39, 0.29) is 11.6 Å². The zero-order valence-electron chi connectivity index (χ0n) is 27.5. The van der Waals surface area contributed by atoms with Gasteiger partial charge in [-0.3, -0.25) is 14.4 Å². The van der Waals surface area contributed by atoms with E-state index >= 15 is 0 Å². The van der Waals surface area contributed by atoms with Crippen molar-refractivity contribution in [2.24, 2.45) is 0 Å². The Hall–Kier alpha value is -5.11. The molecule has 0 saturated heterocycles. The first kappa shape index (κ1) is 36.2. The summed E-state index contributed by atoms with van der Waals surface area (Å²) in [5, 5.41) is 10.4. The molecule has 0 bridgehead atoms. The molecule has 0 radical (unpaired) electrons. The lowest BCUT2D eigenvalue weighted by atomic mass is 10.1. The summed E-state index contributed by atoms with van der Waals surface area (Å²) in [5.41, 5.74) is 3.07. The molecule has 1 atom stereocenters. The quantitative estimate of drug-likeness (QED) is 0.0809. The molecule has 10 nitrogen and oxygen atoms in total. The third-order valence-electron chi connectivity index (χ3n) is 7.18. The first-order valence-corrected chi connectivity index (χ1v) is 17.7. The van der Waals surface area contributed by atoms with Crippen molar-refractivity contribution >= 4 is 73.6 Å². The van der Waals surface area contributed by atoms with Gasteiger partial charge in [-0.15, -0.1) is 23.1 Å². The lowest BCUT2D eigenvalue weighted by Crippen LogP contribution is -2.30. The summed E-state index contributed by atoms with van der Waals surface area (Å²) < 4.78 is 17.3. The number of benzene rings is 4. The number of carbonyl (C=O) groups is 3. The van der Waals surface area contributed by atoms with Crippen molar-refractivity contribution < 1.29 is 28.6 Å². The standard InChI is InChI=1S/C37H33BrN4O6S2/c1-22(34(43)42-37-41-30(21-49-37)24-13-15-26(38)16-14-24)50-28-12-8-11-27(20-28)39-36(45)29(40-35(44)25-9-6-5-7-10-25)17-23-18-31(46-2)33(48-4)32(19-23)47-3/h5-22H,1-4H3,(H,39,45)(H,40,44)(H,41,42,43)/b29-17+. The Balaban J connectivity index is 1.31. The van der Waals surface area contributed by atoms with Crippen LogP contribution in [-0.2, 0) is 9.59 Å². The van der Waals surface area contributed by atoms with Crippen molar-refractivity contribution in [3.05, 3.63) is 118 Å². The van der Waals surface area contributed by atoms with Crippen molar-refractivity contribution in [2.45, 2.75) is 17.1 Å². The highest BCUT2D eigenvalue weighted by atomic mass is 79.9. The molecule has 0 saturated carbocycles. The number of anilines is 2. The van der Waals surface area contributed by atoms with Crippen molar-refractivity contribution in [1.29, 1.82) is 0 Å². The van der Waals surface area contributed by atoms with Crippen LogP contribution in [0.1, 0.15) is 22.8 Å². The van der Waals surface area contributed by atoms with Crippen LogP contribution in [0.5, 0.6) is 17.2 Å². The van der Waals surface area contributed by atoms with E-state index < -0.39 is 17.1 Å². The molecule has 1 heterocycles. The molecule has 0 aliphatic rings. The molecule has 5 rings (SSSR count). The van der Waals surface area contributed by atoms with E-state index in [9.17, 15) is 14.4 Å². The zero-order chi connectivity index (χ0) is 35.6. The lowest BCUT2D eigenvalue weighted by molar-refractivity contribution is -0.115. The number of methoxy groups -OCH3 is 3. The maximum atomic E-state index is 13.7. The van der Waals surface area contributed by atoms with Crippen LogP contribution < -0.4 is 30.2 Å². The van der Waals surface area contributed by atoms with Crippen LogP contribution in [0.3, 0.4) is 0 Å². The van der Waals surface area contributed by atoms with Gasteiger partial charge in [0.2, 0.25) is 11.7 Å². The molecule has 13 heteroatoms. The molecule has 4 aromatic carbocycles. The van der Waals surface area contributed by atoms with E-state index in [1.165, 1.54) is 50.5 Å². The molecule has 0 aliphatic heterocycles. The molecule has 5 aromatic rings. The SMILES string of the molecule is COc1cc(/C=C(/NC(=O)c2ccccc2)C(=O)Nc2cccc(SC(C)C(=O)Nc3nc(-c4ccc(Br)cc4)cs3)c2)cc(OC)c1OC. The first-order chi connectivity index (χ1) is 24.2. The Morgan fingerprint density at radius 2 is 1.56 bits per heavy atom. The first-order valence-electron chi connectivity index (χ1n) is 15.2. The number of hydrogen-bond acceptors (Lipinski definition) is 9. The largest absolute Gasteiger partial charge is 0.493 e. The van der Waals surface area contributed by atoms with Gasteiger partial charge >= 0.3 is 0 Å². The lowest BCUT2D eigenvalue weighted by Gasteiger charge is -2.15. The second-order valence-electron chi connectivity index (χ2n) is 10.6. The summed E-state index contributed by atoms with van der Waals surface area (Å²) in [7, 11) is 4.48. The van der Waals surface area contributed by atoms with Crippen molar-refractivity contribution in [3.8, 4) is 28.5 Å². The van der Waals surface area contributed by atoms with Gasteiger partial charge in [0.25, 0.3) is 11.8 Å². The maximum Gasteiger partial charge on any atom is 0.272 e. The van der Waals surface area contributed by atoms with E-state index in [4.69, 9.17) is 14.2 Å². The topological polar surface area (TPSA) is 128 Å². The fourth-order valence-corrected chi connectivity index (χ4v) is 6.60. The Morgan fingerprint density at radius 1 is 0.860 bits per heavy atom. The smallest absolute Gasteiger partial charge is 0.272 e. The molecular weight excluding hydrogens is 740 g/mol. The highest BCUT2D eigenvalue weighted by Gasteiger charge is 2.20. The van der Waals surface area contributed by atoms with Crippen LogP contribution >= 0.6 is 39.0 Å². The van der Waals surface area contributed by atoms with Gasteiger partial charge in [-0.05, 0) is 73.2 Å². The number of thioether (sulfide) groups is 1. The number of amides is 3. The number of carbonyl (C=O) groups excluding carboxylic acids is 3. The van der Waals surface area contributed by atoms with Crippen LogP contribution in [0.4, 0.5) is 10.8 Å². The normalized spacial score (nSPS) is 11.7. The number of hydrogen-bond donors (Lipinski definition) is 3. The summed E-state index contributed by atoms with van der Waals surface area (Å²) in [6, 6.07) is 26.8. The van der Waals surface area contributed by atoms with Crippen LogP contribution in [0, 0.1) is 0 Å². The number of nitrogens with zero attached hydrogens (tertiary/aromatic N) is 1. The minimum atomic E-state index is -0.568. The van der Waals surface area contributed by atoms with Gasteiger partial charge in [-0.1, -0.05) is 52.3 Å². The van der Waals surface area contributed by atoms with Gasteiger partial charge < -0.3 is 30.2 Å². The van der Waals surface area contributed by atoms with Crippen LogP contribution in [0.15, 0.2) is 111 Å². The minimum absolute atomic E-state index is 0.0233. The predicted octanol–water partition coefficient (Wildman–Crippen LogP) is 8.13. The molecular formula is C37H33BrN4O6S2. The highest BCUT2D eigenvalue weighted by molar-refractivity contribution is 9.10. The van der Waals surface area contributed by atoms with Gasteiger partial charge in [0.15, 0.2) is 16.6 Å². The fraction of sp³-hybridized carbons (Fsp3) is 0.135.